The molecule has 1 aromatic heterocycles. The highest BCUT2D eigenvalue weighted by Gasteiger charge is 2.47. The molecule has 0 aromatic carbocycles. The Morgan fingerprint density at radius 3 is 2.86 bits per heavy atom. The fraction of sp³-hybridized carbons (Fsp3) is 0.600. The molecule has 2 aliphatic rings. The Balaban J connectivity index is 1.49. The molecule has 5 nitrogen and oxygen atoms in total. The normalized spacial score (nSPS) is 30.3. The van der Waals surface area contributed by atoms with E-state index in [1.165, 1.54) is 11.3 Å². The van der Waals surface area contributed by atoms with Gasteiger partial charge in [-0.1, -0.05) is 6.07 Å². The Bertz CT molecular complexity index is 517. The summed E-state index contributed by atoms with van der Waals surface area (Å²) in [5.74, 6) is 0.832. The average Bonchev–Trinajstić information content (AvgIpc) is 3.20. The van der Waals surface area contributed by atoms with Crippen LogP contribution in [0.4, 0.5) is 0 Å². The Hall–Kier alpha value is -1.40. The van der Waals surface area contributed by atoms with Gasteiger partial charge in [-0.05, 0) is 42.5 Å². The topological polar surface area (TPSA) is 78.4 Å². The van der Waals surface area contributed by atoms with Crippen molar-refractivity contribution in [2.75, 3.05) is 13.2 Å². The molecule has 0 aliphatic heterocycles. The third-order valence-electron chi connectivity index (χ3n) is 4.78. The summed E-state index contributed by atoms with van der Waals surface area (Å²) in [5.41, 5.74) is 0. The summed E-state index contributed by atoms with van der Waals surface area (Å²) in [4.78, 5) is 24.4. The number of carbonyl (C=O) groups excluding carboxylic acids is 2. The number of aliphatic hydroxyl groups excluding tert-OH is 1. The third kappa shape index (κ3) is 2.96. The van der Waals surface area contributed by atoms with E-state index < -0.39 is 0 Å². The van der Waals surface area contributed by atoms with E-state index in [1.54, 1.807) is 12.1 Å². The minimum absolute atomic E-state index is 0.0111. The molecule has 2 amide bonds. The van der Waals surface area contributed by atoms with Gasteiger partial charge >= 0.3 is 0 Å². The maximum Gasteiger partial charge on any atom is 0.261 e. The number of carbonyl (C=O) groups is 2. The molecule has 114 valence electrons. The van der Waals surface area contributed by atoms with Crippen molar-refractivity contribution in [3.63, 3.8) is 0 Å². The number of aliphatic hydroxyl groups is 1. The third-order valence-corrected chi connectivity index (χ3v) is 5.65. The van der Waals surface area contributed by atoms with Gasteiger partial charge in [0.2, 0.25) is 5.91 Å². The molecule has 21 heavy (non-hydrogen) atoms. The van der Waals surface area contributed by atoms with Crippen LogP contribution in [0.3, 0.4) is 0 Å². The molecular formula is C15H20N2O3S. The quantitative estimate of drug-likeness (QED) is 0.759. The predicted octanol–water partition coefficient (Wildman–Crippen LogP) is 1.00. The van der Waals surface area contributed by atoms with E-state index in [2.05, 4.69) is 10.6 Å². The highest BCUT2D eigenvalue weighted by molar-refractivity contribution is 7.12. The van der Waals surface area contributed by atoms with Crippen LogP contribution in [-0.4, -0.2) is 36.1 Å². The fourth-order valence-corrected chi connectivity index (χ4v) is 4.43. The van der Waals surface area contributed by atoms with Crippen LogP contribution in [0.2, 0.25) is 0 Å². The van der Waals surface area contributed by atoms with Gasteiger partial charge in [-0.3, -0.25) is 9.59 Å². The van der Waals surface area contributed by atoms with Gasteiger partial charge in [0.25, 0.3) is 5.91 Å². The van der Waals surface area contributed by atoms with Crippen molar-refractivity contribution in [1.29, 1.82) is 0 Å². The number of nitrogens with one attached hydrogen (secondary N) is 2. The summed E-state index contributed by atoms with van der Waals surface area (Å²) in [7, 11) is 0. The lowest BCUT2D eigenvalue weighted by Gasteiger charge is -2.30. The number of amides is 2. The van der Waals surface area contributed by atoms with Gasteiger partial charge in [0.1, 0.15) is 0 Å². The first kappa shape index (κ1) is 14.5. The van der Waals surface area contributed by atoms with Crippen molar-refractivity contribution in [2.24, 2.45) is 17.8 Å². The van der Waals surface area contributed by atoms with E-state index in [1.807, 2.05) is 5.38 Å². The molecule has 0 spiro atoms. The summed E-state index contributed by atoms with van der Waals surface area (Å²) in [6.45, 7) is 0.121. The van der Waals surface area contributed by atoms with Crippen molar-refractivity contribution in [1.82, 2.24) is 10.6 Å². The van der Waals surface area contributed by atoms with Crippen LogP contribution in [0, 0.1) is 17.8 Å². The monoisotopic (exact) mass is 308 g/mol. The van der Waals surface area contributed by atoms with Gasteiger partial charge in [-0.15, -0.1) is 11.3 Å². The Morgan fingerprint density at radius 1 is 1.33 bits per heavy atom. The largest absolute Gasteiger partial charge is 0.396 e. The Kier molecular flexibility index (Phi) is 4.26. The number of fused-ring (bicyclic) bond motifs is 2. The molecule has 0 radical (unpaired) electrons. The molecule has 4 unspecified atom stereocenters. The van der Waals surface area contributed by atoms with Gasteiger partial charge in [-0.25, -0.2) is 0 Å². The maximum absolute atomic E-state index is 12.0. The summed E-state index contributed by atoms with van der Waals surface area (Å²) in [5, 5.41) is 17.0. The zero-order valence-corrected chi connectivity index (χ0v) is 12.6. The SMILES string of the molecule is O=C(CNC(=O)c1cccs1)NC1C2CCC(C2)C1CO. The summed E-state index contributed by atoms with van der Waals surface area (Å²) in [6.07, 6.45) is 3.41. The highest BCUT2D eigenvalue weighted by atomic mass is 32.1. The van der Waals surface area contributed by atoms with Crippen LogP contribution in [0.15, 0.2) is 17.5 Å². The molecular weight excluding hydrogens is 288 g/mol. The molecule has 3 N–H and O–H groups in total. The second-order valence-corrected chi connectivity index (χ2v) is 6.88. The van der Waals surface area contributed by atoms with Gasteiger partial charge < -0.3 is 15.7 Å². The molecule has 4 atom stereocenters. The highest BCUT2D eigenvalue weighted by Crippen LogP contribution is 2.48. The zero-order valence-electron chi connectivity index (χ0n) is 11.7. The number of thiophene rings is 1. The number of hydrogen-bond acceptors (Lipinski definition) is 4. The first-order chi connectivity index (χ1) is 10.2. The van der Waals surface area contributed by atoms with Crippen LogP contribution in [0.5, 0.6) is 0 Å². The summed E-state index contributed by atoms with van der Waals surface area (Å²) in [6, 6.07) is 3.61. The smallest absolute Gasteiger partial charge is 0.261 e. The molecule has 2 aliphatic carbocycles. The first-order valence-electron chi connectivity index (χ1n) is 7.41. The fourth-order valence-electron chi connectivity index (χ4n) is 3.79. The van der Waals surface area contributed by atoms with Crippen molar-refractivity contribution < 1.29 is 14.7 Å². The van der Waals surface area contributed by atoms with Crippen LogP contribution in [0.1, 0.15) is 28.9 Å². The van der Waals surface area contributed by atoms with Crippen molar-refractivity contribution in [3.05, 3.63) is 22.4 Å². The van der Waals surface area contributed by atoms with Crippen LogP contribution >= 0.6 is 11.3 Å². The minimum Gasteiger partial charge on any atom is -0.396 e. The van der Waals surface area contributed by atoms with Crippen molar-refractivity contribution >= 4 is 23.2 Å². The lowest BCUT2D eigenvalue weighted by molar-refractivity contribution is -0.121. The summed E-state index contributed by atoms with van der Waals surface area (Å²) < 4.78 is 0. The lowest BCUT2D eigenvalue weighted by atomic mass is 9.85. The molecule has 1 heterocycles. The Labute approximate surface area is 127 Å². The van der Waals surface area contributed by atoms with E-state index in [-0.39, 0.29) is 36.9 Å². The van der Waals surface area contributed by atoms with E-state index >= 15 is 0 Å². The minimum atomic E-state index is -0.216. The Morgan fingerprint density at radius 2 is 2.14 bits per heavy atom. The van der Waals surface area contributed by atoms with Crippen LogP contribution in [-0.2, 0) is 4.79 Å². The standard InChI is InChI=1S/C15H20N2O3S/c18-8-11-9-3-4-10(6-9)14(11)17-13(19)7-16-15(20)12-2-1-5-21-12/h1-2,5,9-11,14,18H,3-4,6-8H2,(H,16,20)(H,17,19). The van der Waals surface area contributed by atoms with Gasteiger partial charge in [0.05, 0.1) is 11.4 Å². The van der Waals surface area contributed by atoms with Gasteiger partial charge in [0.15, 0.2) is 0 Å². The van der Waals surface area contributed by atoms with Crippen LogP contribution < -0.4 is 10.6 Å². The molecule has 2 saturated carbocycles. The molecule has 0 saturated heterocycles. The summed E-state index contributed by atoms with van der Waals surface area (Å²) >= 11 is 1.35. The molecule has 1 aromatic rings. The van der Waals surface area contributed by atoms with Gasteiger partial charge in [0, 0.05) is 18.6 Å². The number of hydrogen-bond donors (Lipinski definition) is 3. The molecule has 3 rings (SSSR count). The second-order valence-electron chi connectivity index (χ2n) is 5.93. The first-order valence-corrected chi connectivity index (χ1v) is 8.29. The van der Waals surface area contributed by atoms with Crippen LogP contribution in [0.25, 0.3) is 0 Å². The maximum atomic E-state index is 12.0. The molecule has 2 bridgehead atoms. The van der Waals surface area contributed by atoms with Crippen molar-refractivity contribution in [2.45, 2.75) is 25.3 Å². The average molecular weight is 308 g/mol. The lowest BCUT2D eigenvalue weighted by Crippen LogP contribution is -2.48. The van der Waals surface area contributed by atoms with E-state index in [0.29, 0.717) is 16.7 Å². The molecule has 2 fully saturated rings. The number of rotatable bonds is 5. The predicted molar refractivity (Wildman–Crippen MR) is 80.0 cm³/mol. The van der Waals surface area contributed by atoms with Gasteiger partial charge in [-0.2, -0.15) is 0 Å². The van der Waals surface area contributed by atoms with E-state index in [9.17, 15) is 14.7 Å². The van der Waals surface area contributed by atoms with Crippen molar-refractivity contribution in [3.8, 4) is 0 Å². The van der Waals surface area contributed by atoms with E-state index in [0.717, 1.165) is 19.3 Å². The van der Waals surface area contributed by atoms with E-state index in [4.69, 9.17) is 0 Å². The molecule has 6 heteroatoms. The second kappa shape index (κ2) is 6.15. The zero-order chi connectivity index (χ0) is 14.8.